The number of hydrogen-bond donors (Lipinski definition) is 0. The Bertz CT molecular complexity index is 3940. The molecule has 6 aliphatic carbocycles. The second-order valence-electron chi connectivity index (χ2n) is 25.5. The van der Waals surface area contributed by atoms with Gasteiger partial charge in [0.05, 0.1) is 44.7 Å². The van der Waals surface area contributed by atoms with E-state index in [1.807, 2.05) is 0 Å². The van der Waals surface area contributed by atoms with E-state index < -0.39 is 0 Å². The van der Waals surface area contributed by atoms with Crippen molar-refractivity contribution in [1.29, 1.82) is 5.26 Å². The molecule has 4 heterocycles. The van der Waals surface area contributed by atoms with Gasteiger partial charge in [0.15, 0.2) is 0 Å². The molecule has 3 heteroatoms. The lowest BCUT2D eigenvalue weighted by atomic mass is 9.65. The van der Waals surface area contributed by atoms with Gasteiger partial charge in [-0.15, -0.1) is 0 Å². The van der Waals surface area contributed by atoms with Gasteiger partial charge in [0, 0.05) is 43.1 Å². The Balaban J connectivity index is 1.12. The van der Waals surface area contributed by atoms with Gasteiger partial charge in [-0.1, -0.05) is 92.7 Å². The lowest BCUT2D eigenvalue weighted by molar-refractivity contribution is 0.284. The molecule has 0 unspecified atom stereocenters. The average molecular weight is 930 g/mol. The SMILES string of the molecule is CCC1(c2cc3c4cc5c(cc4n4c6cc(C#N)c7c(c6c(c2)c34)CC2(CCCC2)C7)c2cc(-c3c(C(C)C)cc(C(C)C)cc3C(C)C)cc3c4c6c(c(C)cc4n5c23)C2CCC6CC2)CCCCC1. The highest BCUT2D eigenvalue weighted by molar-refractivity contribution is 6.30. The Morgan fingerprint density at radius 3 is 1.72 bits per heavy atom. The summed E-state index contributed by atoms with van der Waals surface area (Å²) in [6.07, 6.45) is 20.5. The summed E-state index contributed by atoms with van der Waals surface area (Å²) >= 11 is 0. The number of hydrogen-bond acceptors (Lipinski definition) is 1. The van der Waals surface area contributed by atoms with Crippen molar-refractivity contribution < 1.29 is 0 Å². The summed E-state index contributed by atoms with van der Waals surface area (Å²) in [5, 5.41) is 22.4. The first-order valence-corrected chi connectivity index (χ1v) is 28.5. The highest BCUT2D eigenvalue weighted by Gasteiger charge is 2.43. The predicted molar refractivity (Wildman–Crippen MR) is 300 cm³/mol. The predicted octanol–water partition coefficient (Wildman–Crippen LogP) is 19.2. The quantitative estimate of drug-likeness (QED) is 0.164. The van der Waals surface area contributed by atoms with Crippen LogP contribution in [0.15, 0.2) is 60.7 Å². The second kappa shape index (κ2) is 14.8. The van der Waals surface area contributed by atoms with E-state index in [4.69, 9.17) is 0 Å². The Labute approximate surface area is 420 Å². The Morgan fingerprint density at radius 1 is 0.563 bits per heavy atom. The molecule has 6 aliphatic rings. The third kappa shape index (κ3) is 5.56. The van der Waals surface area contributed by atoms with Crippen LogP contribution in [0.4, 0.5) is 0 Å². The van der Waals surface area contributed by atoms with Gasteiger partial charge in [-0.3, -0.25) is 0 Å². The van der Waals surface area contributed by atoms with Crippen molar-refractivity contribution in [3.63, 3.8) is 0 Å². The highest BCUT2D eigenvalue weighted by atomic mass is 14.9. The maximum Gasteiger partial charge on any atom is 0.0995 e. The largest absolute Gasteiger partial charge is 0.308 e. The van der Waals surface area contributed by atoms with E-state index in [-0.39, 0.29) is 5.41 Å². The normalized spacial score (nSPS) is 20.8. The van der Waals surface area contributed by atoms with Crippen LogP contribution in [0, 0.1) is 23.7 Å². The molecule has 0 saturated heterocycles. The fraction of sp³-hybridized carbons (Fsp3) is 0.456. The van der Waals surface area contributed by atoms with Gasteiger partial charge < -0.3 is 8.80 Å². The number of rotatable bonds is 6. The number of aromatic nitrogens is 2. The zero-order valence-electron chi connectivity index (χ0n) is 43.8. The third-order valence-corrected chi connectivity index (χ3v) is 20.9. The standard InChI is InChI=1S/C68H71N3/c1-9-68(21-11-10-12-22-68)45-29-51-49-32-56-48(31-57(49)71-59-28-44(35-69)54-33-67(19-13-14-20-67)34-55(54)63(59)53(30-45)66(51)71)50-26-43(61-46(37(4)5)24-42(36(2)3)25-47(61)38(6)7)27-52-64-58(70(56)65(50)52)23-39(8)60-40-15-17-41(18-16-40)62(60)64/h23-32,36-38,40-41H,9-22,33-34H2,1-8H3. The van der Waals surface area contributed by atoms with Gasteiger partial charge in [-0.2, -0.15) is 5.26 Å². The van der Waals surface area contributed by atoms with Gasteiger partial charge in [0.2, 0.25) is 0 Å². The lowest BCUT2D eigenvalue weighted by Gasteiger charge is -2.40. The molecule has 0 radical (unpaired) electrons. The van der Waals surface area contributed by atoms with Gasteiger partial charge in [-0.05, 0) is 228 Å². The highest BCUT2D eigenvalue weighted by Crippen LogP contribution is 2.58. The van der Waals surface area contributed by atoms with Crippen molar-refractivity contribution in [3.05, 3.63) is 116 Å². The maximum absolute atomic E-state index is 11.0. The first kappa shape index (κ1) is 43.0. The zero-order chi connectivity index (χ0) is 48.1. The summed E-state index contributed by atoms with van der Waals surface area (Å²) in [4.78, 5) is 0. The van der Waals surface area contributed by atoms with Gasteiger partial charge in [0.25, 0.3) is 0 Å². The van der Waals surface area contributed by atoms with Crippen LogP contribution in [0.5, 0.6) is 0 Å². The third-order valence-electron chi connectivity index (χ3n) is 20.9. The monoisotopic (exact) mass is 930 g/mol. The maximum atomic E-state index is 11.0. The molecule has 3 fully saturated rings. The molecule has 4 aromatic heterocycles. The fourth-order valence-corrected chi connectivity index (χ4v) is 17.4. The smallest absolute Gasteiger partial charge is 0.0995 e. The van der Waals surface area contributed by atoms with Crippen LogP contribution >= 0.6 is 0 Å². The molecule has 0 aliphatic heterocycles. The zero-order valence-corrected chi connectivity index (χ0v) is 43.8. The van der Waals surface area contributed by atoms with Crippen LogP contribution in [0.1, 0.15) is 224 Å². The number of nitrogens with zero attached hydrogens (tertiary/aromatic N) is 3. The molecule has 10 aromatic rings. The Morgan fingerprint density at radius 2 is 1.11 bits per heavy atom. The number of nitriles is 1. The molecule has 1 spiro atoms. The molecule has 71 heavy (non-hydrogen) atoms. The molecule has 2 bridgehead atoms. The van der Waals surface area contributed by atoms with Gasteiger partial charge in [-0.25, -0.2) is 0 Å². The van der Waals surface area contributed by atoms with E-state index in [0.717, 1.165) is 18.4 Å². The Hall–Kier alpha value is -5.59. The van der Waals surface area contributed by atoms with Crippen molar-refractivity contribution in [3.8, 4) is 17.2 Å². The summed E-state index contributed by atoms with van der Waals surface area (Å²) in [6.45, 7) is 19.3. The molecule has 3 saturated carbocycles. The molecule has 16 rings (SSSR count). The molecule has 0 amide bonds. The van der Waals surface area contributed by atoms with Crippen molar-refractivity contribution in [1.82, 2.24) is 8.80 Å². The summed E-state index contributed by atoms with van der Waals surface area (Å²) in [5.74, 6) is 2.57. The van der Waals surface area contributed by atoms with Crippen LogP contribution in [0.25, 0.3) is 87.3 Å². The van der Waals surface area contributed by atoms with Crippen LogP contribution in [-0.2, 0) is 18.3 Å². The minimum absolute atomic E-state index is 0.196. The first-order chi connectivity index (χ1) is 34.4. The fourth-order valence-electron chi connectivity index (χ4n) is 17.4. The number of aryl methyl sites for hydroxylation is 1. The van der Waals surface area contributed by atoms with Crippen molar-refractivity contribution in [2.45, 2.75) is 193 Å². The molecule has 6 aromatic carbocycles. The van der Waals surface area contributed by atoms with Gasteiger partial charge >= 0.3 is 0 Å². The Kier molecular flexibility index (Phi) is 8.95. The molecular weight excluding hydrogens is 859 g/mol. The lowest BCUT2D eigenvalue weighted by Crippen LogP contribution is -2.28. The van der Waals surface area contributed by atoms with Crippen LogP contribution in [-0.4, -0.2) is 8.80 Å². The minimum Gasteiger partial charge on any atom is -0.308 e. The topological polar surface area (TPSA) is 32.6 Å². The molecule has 3 nitrogen and oxygen atoms in total. The summed E-state index contributed by atoms with van der Waals surface area (Å²) in [7, 11) is 0. The van der Waals surface area contributed by atoms with E-state index in [9.17, 15) is 5.26 Å². The van der Waals surface area contributed by atoms with Crippen molar-refractivity contribution in [2.75, 3.05) is 0 Å². The van der Waals surface area contributed by atoms with E-state index in [1.165, 1.54) is 205 Å². The van der Waals surface area contributed by atoms with Crippen molar-refractivity contribution >= 4 is 76.2 Å². The van der Waals surface area contributed by atoms with E-state index in [2.05, 4.69) is 131 Å². The van der Waals surface area contributed by atoms with Crippen LogP contribution in [0.3, 0.4) is 0 Å². The van der Waals surface area contributed by atoms with Crippen LogP contribution in [0.2, 0.25) is 0 Å². The average Bonchev–Trinajstić information content (AvgIpc) is 4.25. The molecule has 358 valence electrons. The first-order valence-electron chi connectivity index (χ1n) is 28.5. The van der Waals surface area contributed by atoms with Crippen LogP contribution < -0.4 is 0 Å². The number of fused-ring (bicyclic) bond motifs is 16. The second-order valence-corrected chi connectivity index (χ2v) is 25.5. The van der Waals surface area contributed by atoms with E-state index in [1.54, 1.807) is 22.1 Å². The summed E-state index contributed by atoms with van der Waals surface area (Å²) in [6, 6.07) is 28.8. The van der Waals surface area contributed by atoms with Crippen molar-refractivity contribution in [2.24, 2.45) is 5.41 Å². The molecular formula is C68H71N3. The van der Waals surface area contributed by atoms with Gasteiger partial charge in [0.1, 0.15) is 0 Å². The molecule has 0 N–H and O–H groups in total. The van der Waals surface area contributed by atoms with E-state index >= 15 is 0 Å². The minimum atomic E-state index is 0.196. The summed E-state index contributed by atoms with van der Waals surface area (Å²) < 4.78 is 5.40. The summed E-state index contributed by atoms with van der Waals surface area (Å²) in [5.41, 5.74) is 26.1. The number of benzene rings is 6. The van der Waals surface area contributed by atoms with E-state index in [0.29, 0.717) is 35.0 Å². The molecule has 0 atom stereocenters.